The minimum absolute atomic E-state index is 0.549. The van der Waals surface area contributed by atoms with E-state index >= 15 is 0 Å². The molecule has 0 radical (unpaired) electrons. The first kappa shape index (κ1) is 21.3. The molecule has 7 heteroatoms. The Kier molecular flexibility index (Phi) is 7.27. The van der Waals surface area contributed by atoms with Gasteiger partial charge in [-0.25, -0.2) is 4.68 Å². The van der Waals surface area contributed by atoms with Crippen molar-refractivity contribution in [2.24, 2.45) is 10.1 Å². The van der Waals surface area contributed by atoms with E-state index in [2.05, 4.69) is 40.2 Å². The van der Waals surface area contributed by atoms with Crippen LogP contribution in [0.4, 0.5) is 0 Å². The summed E-state index contributed by atoms with van der Waals surface area (Å²) in [6.45, 7) is 6.46. The summed E-state index contributed by atoms with van der Waals surface area (Å²) in [5.41, 5.74) is 3.81. The first-order valence-corrected chi connectivity index (χ1v) is 10.9. The van der Waals surface area contributed by atoms with Gasteiger partial charge in [0.25, 0.3) is 0 Å². The Morgan fingerprint density at radius 2 is 2.00 bits per heavy atom. The van der Waals surface area contributed by atoms with Gasteiger partial charge < -0.3 is 9.47 Å². The number of rotatable bonds is 7. The molecule has 0 atom stereocenters. The van der Waals surface area contributed by atoms with Crippen LogP contribution in [0.1, 0.15) is 12.5 Å². The Hall–Kier alpha value is -2.39. The molecule has 1 aromatic heterocycles. The Morgan fingerprint density at radius 1 is 1.21 bits per heavy atom. The van der Waals surface area contributed by atoms with Crippen LogP contribution >= 0.6 is 33.9 Å². The Balaban J connectivity index is 2.17. The lowest BCUT2D eigenvalue weighted by Gasteiger charge is -2.11. The van der Waals surface area contributed by atoms with Crippen LogP contribution in [-0.4, -0.2) is 31.7 Å². The van der Waals surface area contributed by atoms with E-state index < -0.39 is 0 Å². The third-order valence-corrected chi connectivity index (χ3v) is 5.91. The maximum atomic E-state index is 5.58. The highest BCUT2D eigenvalue weighted by Crippen LogP contribution is 2.33. The normalized spacial score (nSPS) is 11.8. The van der Waals surface area contributed by atoms with Crippen molar-refractivity contribution >= 4 is 40.1 Å². The van der Waals surface area contributed by atoms with Crippen molar-refractivity contribution in [1.29, 1.82) is 0 Å². The molecule has 3 aromatic rings. The zero-order valence-electron chi connectivity index (χ0n) is 16.6. The zero-order valence-corrected chi connectivity index (χ0v) is 19.5. The molecule has 0 N–H and O–H groups in total. The van der Waals surface area contributed by atoms with Crippen LogP contribution in [-0.2, 0) is 0 Å². The number of nitrogens with zero attached hydrogens (tertiary/aromatic N) is 3. The van der Waals surface area contributed by atoms with E-state index in [4.69, 9.17) is 14.6 Å². The van der Waals surface area contributed by atoms with Crippen LogP contribution in [0.15, 0.2) is 70.1 Å². The van der Waals surface area contributed by atoms with Crippen molar-refractivity contribution < 1.29 is 9.47 Å². The molecule has 0 saturated carbocycles. The number of halogens is 1. The summed E-state index contributed by atoms with van der Waals surface area (Å²) in [4.78, 5) is 5.47. The van der Waals surface area contributed by atoms with Crippen LogP contribution in [0, 0.1) is 3.57 Å². The van der Waals surface area contributed by atoms with Crippen LogP contribution in [0.2, 0.25) is 0 Å². The van der Waals surface area contributed by atoms with Gasteiger partial charge in [-0.15, -0.1) is 11.3 Å². The van der Waals surface area contributed by atoms with E-state index in [1.165, 1.54) is 11.3 Å². The van der Waals surface area contributed by atoms with Gasteiger partial charge in [-0.05, 0) is 53.8 Å². The summed E-state index contributed by atoms with van der Waals surface area (Å²) in [6, 6.07) is 13.8. The van der Waals surface area contributed by atoms with Crippen molar-refractivity contribution in [2.45, 2.75) is 6.92 Å². The molecule has 2 aromatic carbocycles. The van der Waals surface area contributed by atoms with Crippen LogP contribution in [0.3, 0.4) is 0 Å². The minimum atomic E-state index is 0.549. The molecule has 0 unspecified atom stereocenters. The van der Waals surface area contributed by atoms with E-state index in [0.717, 1.165) is 42.3 Å². The number of ether oxygens (including phenoxy) is 2. The molecule has 0 aliphatic rings. The molecule has 0 aliphatic carbocycles. The van der Waals surface area contributed by atoms with Gasteiger partial charge in [-0.1, -0.05) is 30.4 Å². The molecule has 0 fully saturated rings. The second-order valence-electron chi connectivity index (χ2n) is 6.32. The van der Waals surface area contributed by atoms with E-state index in [9.17, 15) is 0 Å². The van der Waals surface area contributed by atoms with Crippen molar-refractivity contribution in [2.75, 3.05) is 20.8 Å². The minimum Gasteiger partial charge on any atom is -0.497 e. The van der Waals surface area contributed by atoms with E-state index in [-0.39, 0.29) is 0 Å². The average molecular weight is 519 g/mol. The summed E-state index contributed by atoms with van der Waals surface area (Å²) < 4.78 is 14.0. The molecule has 0 bridgehead atoms. The summed E-state index contributed by atoms with van der Waals surface area (Å²) in [5, 5.41) is 6.79. The summed E-state index contributed by atoms with van der Waals surface area (Å²) in [5.74, 6) is 1.49. The van der Waals surface area contributed by atoms with Crippen molar-refractivity contribution in [3.05, 3.63) is 73.9 Å². The Bertz CT molecular complexity index is 1120. The van der Waals surface area contributed by atoms with Crippen molar-refractivity contribution in [1.82, 2.24) is 4.68 Å². The lowest BCUT2D eigenvalue weighted by atomic mass is 10.1. The van der Waals surface area contributed by atoms with Gasteiger partial charge in [0.15, 0.2) is 0 Å². The molecule has 150 valence electrons. The SMILES string of the molecule is C=C(C)CN=c1scc(-c2cc(OC)ccc2OC)n1N=Cc1ccccc1I. The van der Waals surface area contributed by atoms with Crippen LogP contribution in [0.5, 0.6) is 11.5 Å². The van der Waals surface area contributed by atoms with Crippen molar-refractivity contribution in [3.8, 4) is 22.8 Å². The quantitative estimate of drug-likeness (QED) is 0.245. The zero-order chi connectivity index (χ0) is 20.8. The molecule has 0 spiro atoms. The maximum Gasteiger partial charge on any atom is 0.206 e. The van der Waals surface area contributed by atoms with Gasteiger partial charge in [0.1, 0.15) is 11.5 Å². The van der Waals surface area contributed by atoms with Gasteiger partial charge in [-0.2, -0.15) is 5.10 Å². The third-order valence-electron chi connectivity index (χ3n) is 4.07. The second kappa shape index (κ2) is 9.89. The predicted molar refractivity (Wildman–Crippen MR) is 128 cm³/mol. The van der Waals surface area contributed by atoms with E-state index in [1.807, 2.05) is 59.6 Å². The maximum absolute atomic E-state index is 5.58. The van der Waals surface area contributed by atoms with Gasteiger partial charge in [0.2, 0.25) is 4.80 Å². The van der Waals surface area contributed by atoms with E-state index in [1.54, 1.807) is 14.2 Å². The summed E-state index contributed by atoms with van der Waals surface area (Å²) >= 11 is 3.84. The number of aromatic nitrogens is 1. The van der Waals surface area contributed by atoms with Crippen molar-refractivity contribution in [3.63, 3.8) is 0 Å². The van der Waals surface area contributed by atoms with Gasteiger partial charge >= 0.3 is 0 Å². The van der Waals surface area contributed by atoms with E-state index in [0.29, 0.717) is 6.54 Å². The number of methoxy groups -OCH3 is 2. The summed E-state index contributed by atoms with van der Waals surface area (Å²) in [7, 11) is 3.31. The predicted octanol–water partition coefficient (Wildman–Crippen LogP) is 5.20. The first-order chi connectivity index (χ1) is 14.0. The average Bonchev–Trinajstić information content (AvgIpc) is 3.13. The second-order valence-corrected chi connectivity index (χ2v) is 8.32. The monoisotopic (exact) mass is 519 g/mol. The molecular weight excluding hydrogens is 497 g/mol. The Morgan fingerprint density at radius 3 is 2.69 bits per heavy atom. The Labute approximate surface area is 188 Å². The molecule has 0 aliphatic heterocycles. The number of hydrogen-bond donors (Lipinski definition) is 0. The van der Waals surface area contributed by atoms with Gasteiger partial charge in [-0.3, -0.25) is 4.99 Å². The smallest absolute Gasteiger partial charge is 0.206 e. The molecule has 5 nitrogen and oxygen atoms in total. The lowest BCUT2D eigenvalue weighted by molar-refractivity contribution is 0.404. The molecule has 1 heterocycles. The highest BCUT2D eigenvalue weighted by molar-refractivity contribution is 14.1. The highest BCUT2D eigenvalue weighted by Gasteiger charge is 2.14. The molecule has 0 amide bonds. The highest BCUT2D eigenvalue weighted by atomic mass is 127. The molecule has 29 heavy (non-hydrogen) atoms. The molecular formula is C22H22IN3O2S. The molecule has 0 saturated heterocycles. The third kappa shape index (κ3) is 5.16. The lowest BCUT2D eigenvalue weighted by Crippen LogP contribution is -2.13. The fraction of sp³-hybridized carbons (Fsp3) is 0.182. The fourth-order valence-corrected chi connectivity index (χ4v) is 3.98. The number of benzene rings is 2. The van der Waals surface area contributed by atoms with Crippen LogP contribution < -0.4 is 14.3 Å². The first-order valence-electron chi connectivity index (χ1n) is 8.90. The largest absolute Gasteiger partial charge is 0.497 e. The number of thiazole rings is 1. The van der Waals surface area contributed by atoms with Gasteiger partial charge in [0.05, 0.1) is 32.7 Å². The molecule has 3 rings (SSSR count). The fourth-order valence-electron chi connectivity index (χ4n) is 2.62. The number of hydrogen-bond acceptors (Lipinski definition) is 5. The topological polar surface area (TPSA) is 48.1 Å². The van der Waals surface area contributed by atoms with Crippen LogP contribution in [0.25, 0.3) is 11.3 Å². The summed E-state index contributed by atoms with van der Waals surface area (Å²) in [6.07, 6.45) is 1.85. The standard InChI is InChI=1S/C22H22IN3O2S/c1-15(2)12-24-22-26(25-13-16-7-5-6-8-19(16)23)20(14-29-22)18-11-17(27-3)9-10-21(18)28-4/h5-11,13-14H,1,12H2,2-4H3. The van der Waals surface area contributed by atoms with Gasteiger partial charge in [0, 0.05) is 20.1 Å².